The molecule has 13 heavy (non-hydrogen) atoms. The van der Waals surface area contributed by atoms with Crippen LogP contribution in [0.3, 0.4) is 0 Å². The van der Waals surface area contributed by atoms with E-state index in [4.69, 9.17) is 0 Å². The number of hydrogen-bond donors (Lipinski definition) is 0. The maximum absolute atomic E-state index is 10.1. The van der Waals surface area contributed by atoms with Gasteiger partial charge in [-0.05, 0) is 18.8 Å². The normalized spacial score (nSPS) is 17.8. The zero-order valence-electron chi connectivity index (χ0n) is 8.93. The van der Waals surface area contributed by atoms with E-state index in [1.54, 1.807) is 0 Å². The minimum Gasteiger partial charge on any atom is -0.550 e. The van der Waals surface area contributed by atoms with Crippen LogP contribution in [0, 0.1) is 5.92 Å². The van der Waals surface area contributed by atoms with Crippen molar-refractivity contribution in [2.45, 2.75) is 51.4 Å². The van der Waals surface area contributed by atoms with Gasteiger partial charge in [0, 0.05) is 5.97 Å². The fraction of sp³-hybridized carbons (Fsp3) is 0.900. The first-order valence-corrected chi connectivity index (χ1v) is 4.99. The van der Waals surface area contributed by atoms with Crippen LogP contribution in [0.4, 0.5) is 0 Å². The number of hydrogen-bond acceptors (Lipinski definition) is 2. The van der Waals surface area contributed by atoms with Crippen molar-refractivity contribution in [3.05, 3.63) is 0 Å². The van der Waals surface area contributed by atoms with Crippen molar-refractivity contribution in [1.82, 2.24) is 0 Å². The first-order valence-electron chi connectivity index (χ1n) is 4.99. The molecule has 0 spiro atoms. The third-order valence-corrected chi connectivity index (χ3v) is 2.72. The van der Waals surface area contributed by atoms with Gasteiger partial charge in [0.2, 0.25) is 0 Å². The molecule has 0 aliphatic heterocycles. The van der Waals surface area contributed by atoms with Crippen molar-refractivity contribution in [3.63, 3.8) is 0 Å². The molecule has 0 aromatic heterocycles. The van der Waals surface area contributed by atoms with Gasteiger partial charge >= 0.3 is 18.5 Å². The van der Waals surface area contributed by atoms with Crippen molar-refractivity contribution in [3.8, 4) is 0 Å². The summed E-state index contributed by atoms with van der Waals surface area (Å²) in [5.74, 6) is -0.0936. The van der Waals surface area contributed by atoms with Gasteiger partial charge < -0.3 is 9.90 Å². The largest absolute Gasteiger partial charge is 2.00 e. The molecule has 0 saturated heterocycles. The summed E-state index contributed by atoms with van der Waals surface area (Å²) >= 11 is 0. The molecule has 1 aliphatic carbocycles. The number of carbonyl (C=O) groups excluding carboxylic acids is 1. The fourth-order valence-corrected chi connectivity index (χ4v) is 2.01. The van der Waals surface area contributed by atoms with E-state index in [0.29, 0.717) is 0 Å². The Bertz CT molecular complexity index is 147. The molecule has 0 aromatic carbocycles. The molecule has 0 N–H and O–H groups in total. The summed E-state index contributed by atoms with van der Waals surface area (Å²) in [7, 11) is 0. The number of rotatable bonds is 4. The van der Waals surface area contributed by atoms with Gasteiger partial charge in [0.15, 0.2) is 0 Å². The van der Waals surface area contributed by atoms with Gasteiger partial charge in [0.25, 0.3) is 0 Å². The smallest absolute Gasteiger partial charge is 0.550 e. The van der Waals surface area contributed by atoms with Crippen molar-refractivity contribution in [2.24, 2.45) is 5.92 Å². The molecule has 75 valence electrons. The summed E-state index contributed by atoms with van der Waals surface area (Å²) in [4.78, 5) is 10.1. The van der Waals surface area contributed by atoms with Crippen LogP contribution in [-0.4, -0.2) is 5.97 Å². The summed E-state index contributed by atoms with van der Waals surface area (Å²) < 4.78 is 0. The topological polar surface area (TPSA) is 40.1 Å². The van der Waals surface area contributed by atoms with E-state index < -0.39 is 5.97 Å². The van der Waals surface area contributed by atoms with E-state index in [2.05, 4.69) is 0 Å². The molecule has 1 radical (unpaired) electrons. The maximum Gasteiger partial charge on any atom is 2.00 e. The molecule has 0 aromatic rings. The number of aliphatic carboxylic acids is 1. The maximum atomic E-state index is 10.1. The van der Waals surface area contributed by atoms with Gasteiger partial charge in [-0.1, -0.05) is 38.5 Å². The van der Waals surface area contributed by atoms with E-state index in [1.165, 1.54) is 32.1 Å². The summed E-state index contributed by atoms with van der Waals surface area (Å²) in [5.41, 5.74) is 0. The SMILES string of the molecule is O=C([O-])CCCC1CCCCC1.[H+].[Mn+2]. The van der Waals surface area contributed by atoms with E-state index >= 15 is 0 Å². The molecule has 1 fully saturated rings. The Labute approximate surface area is 92.1 Å². The Morgan fingerprint density at radius 2 is 1.92 bits per heavy atom. The molecule has 1 rings (SSSR count). The summed E-state index contributed by atoms with van der Waals surface area (Å²) in [6.45, 7) is 0. The van der Waals surface area contributed by atoms with Gasteiger partial charge in [-0.2, -0.15) is 0 Å². The minimum atomic E-state index is -0.897. The van der Waals surface area contributed by atoms with Crippen LogP contribution in [0.15, 0.2) is 0 Å². The van der Waals surface area contributed by atoms with Crippen LogP contribution in [-0.2, 0) is 21.9 Å². The van der Waals surface area contributed by atoms with E-state index in [1.807, 2.05) is 0 Å². The second-order valence-corrected chi connectivity index (χ2v) is 3.77. The van der Waals surface area contributed by atoms with Crippen molar-refractivity contribution >= 4 is 5.97 Å². The number of carboxylic acids is 1. The molecule has 1 aliphatic rings. The number of carboxylic acid groups (broad SMARTS) is 1. The monoisotopic (exact) mass is 225 g/mol. The molecular formula is C10H18MnO2+2. The van der Waals surface area contributed by atoms with Gasteiger partial charge in [0.05, 0.1) is 0 Å². The molecule has 0 heterocycles. The second kappa shape index (κ2) is 7.40. The molecule has 2 nitrogen and oxygen atoms in total. The molecule has 0 atom stereocenters. The summed E-state index contributed by atoms with van der Waals surface area (Å²) in [6, 6.07) is 0. The van der Waals surface area contributed by atoms with Crippen LogP contribution in [0.5, 0.6) is 0 Å². The van der Waals surface area contributed by atoms with Crippen LogP contribution < -0.4 is 5.11 Å². The molecule has 3 heteroatoms. The Balaban J connectivity index is 0. The van der Waals surface area contributed by atoms with Gasteiger partial charge in [-0.15, -0.1) is 0 Å². The average molecular weight is 225 g/mol. The predicted octanol–water partition coefficient (Wildman–Crippen LogP) is 1.60. The first-order chi connectivity index (χ1) is 5.79. The quantitative estimate of drug-likeness (QED) is 0.682. The van der Waals surface area contributed by atoms with Crippen molar-refractivity contribution in [1.29, 1.82) is 0 Å². The van der Waals surface area contributed by atoms with E-state index in [0.717, 1.165) is 18.8 Å². The molecule has 0 unspecified atom stereocenters. The Kier molecular flexibility index (Phi) is 7.39. The predicted molar refractivity (Wildman–Crippen MR) is 46.5 cm³/mol. The third-order valence-electron chi connectivity index (χ3n) is 2.72. The van der Waals surface area contributed by atoms with Gasteiger partial charge in [0.1, 0.15) is 0 Å². The standard InChI is InChI=1S/C10H18O2.Mn/c11-10(12)8-4-7-9-5-2-1-3-6-9;/h9H,1-8H2,(H,11,12);/q;+2. The molecule has 0 amide bonds. The van der Waals surface area contributed by atoms with Crippen LogP contribution in [0.2, 0.25) is 0 Å². The second-order valence-electron chi connectivity index (χ2n) is 3.77. The minimum absolute atomic E-state index is 0. The van der Waals surface area contributed by atoms with Crippen LogP contribution in [0.1, 0.15) is 52.8 Å². The van der Waals surface area contributed by atoms with Crippen molar-refractivity contribution < 1.29 is 28.4 Å². The van der Waals surface area contributed by atoms with Gasteiger partial charge in [-0.25, -0.2) is 0 Å². The van der Waals surface area contributed by atoms with Crippen molar-refractivity contribution in [2.75, 3.05) is 0 Å². The average Bonchev–Trinajstić information content (AvgIpc) is 2.05. The Morgan fingerprint density at radius 1 is 1.31 bits per heavy atom. The molecular weight excluding hydrogens is 207 g/mol. The molecule has 0 bridgehead atoms. The fourth-order valence-electron chi connectivity index (χ4n) is 2.01. The van der Waals surface area contributed by atoms with Crippen LogP contribution >= 0.6 is 0 Å². The summed E-state index contributed by atoms with van der Waals surface area (Å²) in [6.07, 6.45) is 8.83. The van der Waals surface area contributed by atoms with Crippen LogP contribution in [0.25, 0.3) is 0 Å². The first kappa shape index (κ1) is 13.0. The Hall–Kier alpha value is -0.0105. The van der Waals surface area contributed by atoms with E-state index in [9.17, 15) is 9.90 Å². The zero-order chi connectivity index (χ0) is 8.81. The summed E-state index contributed by atoms with van der Waals surface area (Å²) in [5, 5.41) is 10.1. The van der Waals surface area contributed by atoms with E-state index in [-0.39, 0.29) is 24.9 Å². The Morgan fingerprint density at radius 3 is 2.46 bits per heavy atom. The zero-order valence-corrected chi connectivity index (χ0v) is 9.11. The van der Waals surface area contributed by atoms with Gasteiger partial charge in [-0.3, -0.25) is 0 Å². The third kappa shape index (κ3) is 6.11. The number of carbonyl (C=O) groups is 1. The molecule has 1 saturated carbocycles.